The Hall–Kier alpha value is -3.03. The molecule has 0 amide bonds. The van der Waals surface area contributed by atoms with E-state index >= 15 is 0 Å². The smallest absolute Gasteiger partial charge is 0.187 e. The summed E-state index contributed by atoms with van der Waals surface area (Å²) in [5.41, 5.74) is 4.24. The first kappa shape index (κ1) is 20.8. The molecule has 1 unspecified atom stereocenters. The number of ether oxygens (including phenoxy) is 1. The zero-order chi connectivity index (χ0) is 21.9. The third-order valence-corrected chi connectivity index (χ3v) is 6.53. The number of nitrogens with zero attached hydrogens (tertiary/aromatic N) is 3. The number of hydrogen-bond acceptors (Lipinski definition) is 6. The molecule has 0 spiro atoms. The van der Waals surface area contributed by atoms with E-state index < -0.39 is 6.23 Å². The standard InChI is InChI=1S/C24H26ClN5O2/c25-20-13-18(28-14-23-26-9-10-27-23)5-6-22(20)29-11-7-19(8-12-29)30-21-4-2-1-3-17(21)16-32-24(30)15-31/h1-6,9-10,13,15,19,24,28H,7-8,11-12,14,16H2,(H,26,27). The Labute approximate surface area is 192 Å². The highest BCUT2D eigenvalue weighted by molar-refractivity contribution is 6.33. The second-order valence-electron chi connectivity index (χ2n) is 8.15. The predicted molar refractivity (Wildman–Crippen MR) is 126 cm³/mol. The lowest BCUT2D eigenvalue weighted by Crippen LogP contribution is -2.52. The van der Waals surface area contributed by atoms with E-state index in [9.17, 15) is 4.79 Å². The Morgan fingerprint density at radius 1 is 1.19 bits per heavy atom. The summed E-state index contributed by atoms with van der Waals surface area (Å²) in [4.78, 5) is 23.5. The van der Waals surface area contributed by atoms with Gasteiger partial charge in [0.2, 0.25) is 0 Å². The number of imidazole rings is 1. The molecule has 32 heavy (non-hydrogen) atoms. The van der Waals surface area contributed by atoms with Crippen LogP contribution >= 0.6 is 11.6 Å². The minimum atomic E-state index is -0.524. The summed E-state index contributed by atoms with van der Waals surface area (Å²) in [6, 6.07) is 14.5. The molecule has 8 heteroatoms. The van der Waals surface area contributed by atoms with Gasteiger partial charge in [0.1, 0.15) is 5.82 Å². The Morgan fingerprint density at radius 3 is 2.78 bits per heavy atom. The summed E-state index contributed by atoms with van der Waals surface area (Å²) >= 11 is 6.64. The van der Waals surface area contributed by atoms with Gasteiger partial charge >= 0.3 is 0 Å². The third-order valence-electron chi connectivity index (χ3n) is 6.23. The molecule has 1 fully saturated rings. The van der Waals surface area contributed by atoms with Crippen molar-refractivity contribution in [2.24, 2.45) is 0 Å². The van der Waals surface area contributed by atoms with Gasteiger partial charge in [-0.2, -0.15) is 0 Å². The number of nitrogens with one attached hydrogen (secondary N) is 2. The molecule has 166 valence electrons. The molecule has 0 radical (unpaired) electrons. The third kappa shape index (κ3) is 4.18. The number of anilines is 3. The number of hydrogen-bond donors (Lipinski definition) is 2. The van der Waals surface area contributed by atoms with Crippen molar-refractivity contribution in [2.75, 3.05) is 28.2 Å². The number of aromatic nitrogens is 2. The van der Waals surface area contributed by atoms with Gasteiger partial charge in [0.25, 0.3) is 0 Å². The van der Waals surface area contributed by atoms with E-state index in [1.165, 1.54) is 0 Å². The maximum absolute atomic E-state index is 11.7. The first-order chi connectivity index (χ1) is 15.7. The van der Waals surface area contributed by atoms with Gasteiger partial charge in [0.05, 0.1) is 23.9 Å². The van der Waals surface area contributed by atoms with Crippen LogP contribution in [0.4, 0.5) is 17.1 Å². The zero-order valence-electron chi connectivity index (χ0n) is 17.7. The summed E-state index contributed by atoms with van der Waals surface area (Å²) in [5.74, 6) is 0.879. The minimum absolute atomic E-state index is 0.246. The highest BCUT2D eigenvalue weighted by Crippen LogP contribution is 2.36. The van der Waals surface area contributed by atoms with Gasteiger partial charge in [0.15, 0.2) is 12.5 Å². The molecule has 0 saturated carbocycles. The number of aldehydes is 1. The SMILES string of the molecule is O=CC1OCc2ccccc2N1C1CCN(c2ccc(NCc3ncc[nH]3)cc2Cl)CC1. The maximum Gasteiger partial charge on any atom is 0.187 e. The van der Waals surface area contributed by atoms with Gasteiger partial charge in [-0.1, -0.05) is 29.8 Å². The average Bonchev–Trinajstić information content (AvgIpc) is 3.36. The van der Waals surface area contributed by atoms with Crippen LogP contribution < -0.4 is 15.1 Å². The normalized spacial score (nSPS) is 19.0. The Bertz CT molecular complexity index is 1070. The molecule has 1 aromatic heterocycles. The molecule has 0 aliphatic carbocycles. The van der Waals surface area contributed by atoms with E-state index in [2.05, 4.69) is 43.3 Å². The number of halogens is 1. The predicted octanol–water partition coefficient (Wildman–Crippen LogP) is 4.21. The fraction of sp³-hybridized carbons (Fsp3) is 0.333. The molecule has 2 aliphatic rings. The summed E-state index contributed by atoms with van der Waals surface area (Å²) < 4.78 is 5.82. The highest BCUT2D eigenvalue weighted by atomic mass is 35.5. The molecule has 2 aromatic carbocycles. The monoisotopic (exact) mass is 451 g/mol. The van der Waals surface area contributed by atoms with Crippen molar-refractivity contribution in [3.8, 4) is 0 Å². The van der Waals surface area contributed by atoms with E-state index in [1.807, 2.05) is 30.5 Å². The molecular formula is C24H26ClN5O2. The van der Waals surface area contributed by atoms with Crippen LogP contribution in [0.2, 0.25) is 5.02 Å². The van der Waals surface area contributed by atoms with Crippen molar-refractivity contribution in [2.45, 2.75) is 38.3 Å². The van der Waals surface area contributed by atoms with Crippen LogP contribution in [0.3, 0.4) is 0 Å². The summed E-state index contributed by atoms with van der Waals surface area (Å²) in [6.45, 7) is 2.83. The number of aromatic amines is 1. The van der Waals surface area contributed by atoms with E-state index in [4.69, 9.17) is 16.3 Å². The van der Waals surface area contributed by atoms with Gasteiger partial charge in [0, 0.05) is 48.5 Å². The highest BCUT2D eigenvalue weighted by Gasteiger charge is 2.34. The number of H-pyrrole nitrogens is 1. The number of carbonyl (C=O) groups excluding carboxylic acids is 1. The van der Waals surface area contributed by atoms with Crippen LogP contribution in [0.25, 0.3) is 0 Å². The fourth-order valence-corrected chi connectivity index (χ4v) is 4.93. The molecule has 7 nitrogen and oxygen atoms in total. The van der Waals surface area contributed by atoms with Crippen LogP contribution in [-0.4, -0.2) is 41.6 Å². The number of para-hydroxylation sites is 1. The van der Waals surface area contributed by atoms with Crippen LogP contribution in [0, 0.1) is 0 Å². The lowest BCUT2D eigenvalue weighted by Gasteiger charge is -2.45. The van der Waals surface area contributed by atoms with Crippen molar-refractivity contribution in [1.29, 1.82) is 0 Å². The van der Waals surface area contributed by atoms with Crippen LogP contribution in [0.15, 0.2) is 54.9 Å². The Morgan fingerprint density at radius 2 is 2.03 bits per heavy atom. The molecule has 3 heterocycles. The van der Waals surface area contributed by atoms with Gasteiger partial charge in [-0.25, -0.2) is 4.98 Å². The van der Waals surface area contributed by atoms with Gasteiger partial charge in [-0.15, -0.1) is 0 Å². The van der Waals surface area contributed by atoms with Gasteiger partial charge in [-0.3, -0.25) is 4.79 Å². The quantitative estimate of drug-likeness (QED) is 0.547. The van der Waals surface area contributed by atoms with Crippen molar-refractivity contribution in [3.63, 3.8) is 0 Å². The first-order valence-corrected chi connectivity index (χ1v) is 11.3. The Kier molecular flexibility index (Phi) is 6.01. The lowest BCUT2D eigenvalue weighted by molar-refractivity contribution is -0.120. The second kappa shape index (κ2) is 9.22. The van der Waals surface area contributed by atoms with Crippen LogP contribution in [-0.2, 0) is 22.7 Å². The summed E-state index contributed by atoms with van der Waals surface area (Å²) in [7, 11) is 0. The number of fused-ring (bicyclic) bond motifs is 1. The van der Waals surface area contributed by atoms with E-state index in [0.717, 1.165) is 65.7 Å². The molecule has 3 aromatic rings. The number of benzene rings is 2. The number of piperidine rings is 1. The topological polar surface area (TPSA) is 73.5 Å². The summed E-state index contributed by atoms with van der Waals surface area (Å²) in [6.07, 6.45) is 5.79. The molecule has 0 bridgehead atoms. The minimum Gasteiger partial charge on any atom is -0.378 e. The van der Waals surface area contributed by atoms with Crippen LogP contribution in [0.1, 0.15) is 24.2 Å². The summed E-state index contributed by atoms with van der Waals surface area (Å²) in [5, 5.41) is 4.07. The molecule has 1 atom stereocenters. The molecule has 2 N–H and O–H groups in total. The van der Waals surface area contributed by atoms with Crippen molar-refractivity contribution < 1.29 is 9.53 Å². The van der Waals surface area contributed by atoms with Crippen molar-refractivity contribution >= 4 is 34.9 Å². The lowest BCUT2D eigenvalue weighted by atomic mass is 9.99. The van der Waals surface area contributed by atoms with E-state index in [-0.39, 0.29) is 6.04 Å². The maximum atomic E-state index is 11.7. The molecule has 1 saturated heterocycles. The number of rotatable bonds is 6. The van der Waals surface area contributed by atoms with Crippen LogP contribution in [0.5, 0.6) is 0 Å². The fourth-order valence-electron chi connectivity index (χ4n) is 4.63. The van der Waals surface area contributed by atoms with Gasteiger partial charge in [-0.05, 0) is 37.1 Å². The molecular weight excluding hydrogens is 426 g/mol. The zero-order valence-corrected chi connectivity index (χ0v) is 18.5. The molecule has 5 rings (SSSR count). The van der Waals surface area contributed by atoms with Crippen molar-refractivity contribution in [3.05, 3.63) is 71.3 Å². The largest absolute Gasteiger partial charge is 0.378 e. The molecule has 2 aliphatic heterocycles. The Balaban J connectivity index is 1.25. The number of carbonyl (C=O) groups is 1. The van der Waals surface area contributed by atoms with E-state index in [0.29, 0.717) is 13.2 Å². The van der Waals surface area contributed by atoms with E-state index in [1.54, 1.807) is 6.20 Å². The van der Waals surface area contributed by atoms with Gasteiger partial charge < -0.3 is 24.8 Å². The first-order valence-electron chi connectivity index (χ1n) is 10.9. The average molecular weight is 452 g/mol. The van der Waals surface area contributed by atoms with Crippen molar-refractivity contribution in [1.82, 2.24) is 9.97 Å². The second-order valence-corrected chi connectivity index (χ2v) is 8.55.